The first-order chi connectivity index (χ1) is 12.0. The minimum Gasteiger partial charge on any atom is -0.241 e. The van der Waals surface area contributed by atoms with E-state index in [0.717, 1.165) is 31.4 Å². The van der Waals surface area contributed by atoms with Crippen LogP contribution < -0.4 is 0 Å². The van der Waals surface area contributed by atoms with E-state index in [1.54, 1.807) is 4.31 Å². The molecule has 0 atom stereocenters. The highest BCUT2D eigenvalue weighted by Gasteiger charge is 2.28. The van der Waals surface area contributed by atoms with Crippen LogP contribution in [0.4, 0.5) is 0 Å². The van der Waals surface area contributed by atoms with Crippen molar-refractivity contribution in [2.45, 2.75) is 45.4 Å². The first-order valence-corrected chi connectivity index (χ1v) is 10.7. The summed E-state index contributed by atoms with van der Waals surface area (Å²) in [6, 6.07) is 8.26. The summed E-state index contributed by atoms with van der Waals surface area (Å²) < 4.78 is 28.2. The molecule has 3 rings (SSSR count). The molecule has 25 heavy (non-hydrogen) atoms. The Bertz CT molecular complexity index is 806. The zero-order chi connectivity index (χ0) is 17.9. The average molecular weight is 362 g/mol. The SMILES string of the molecule is CCCCS(=O)(=O)N1CCC(c2cnn(-c3cccc(C)c3)c2)CC1. The lowest BCUT2D eigenvalue weighted by Gasteiger charge is -2.30. The van der Waals surface area contributed by atoms with E-state index in [1.165, 1.54) is 11.1 Å². The number of hydrogen-bond donors (Lipinski definition) is 0. The molecule has 0 spiro atoms. The average Bonchev–Trinajstić information content (AvgIpc) is 3.10. The summed E-state index contributed by atoms with van der Waals surface area (Å²) in [5.74, 6) is 0.663. The molecule has 1 fully saturated rings. The highest BCUT2D eigenvalue weighted by atomic mass is 32.2. The van der Waals surface area contributed by atoms with Gasteiger partial charge in [0.05, 0.1) is 17.6 Å². The van der Waals surface area contributed by atoms with E-state index >= 15 is 0 Å². The van der Waals surface area contributed by atoms with Gasteiger partial charge in [-0.3, -0.25) is 0 Å². The lowest BCUT2D eigenvalue weighted by atomic mass is 9.93. The third kappa shape index (κ3) is 4.30. The highest BCUT2D eigenvalue weighted by molar-refractivity contribution is 7.89. The number of aryl methyl sites for hydroxylation is 1. The Labute approximate surface area is 150 Å². The predicted molar refractivity (Wildman–Crippen MR) is 101 cm³/mol. The summed E-state index contributed by atoms with van der Waals surface area (Å²) in [6.07, 6.45) is 7.39. The van der Waals surface area contributed by atoms with Crippen molar-refractivity contribution in [3.63, 3.8) is 0 Å². The lowest BCUT2D eigenvalue weighted by molar-refractivity contribution is 0.319. The van der Waals surface area contributed by atoms with Crippen molar-refractivity contribution in [2.75, 3.05) is 18.8 Å². The van der Waals surface area contributed by atoms with Crippen molar-refractivity contribution in [1.82, 2.24) is 14.1 Å². The minimum atomic E-state index is -3.08. The molecule has 6 heteroatoms. The van der Waals surface area contributed by atoms with Gasteiger partial charge in [0.2, 0.25) is 10.0 Å². The monoisotopic (exact) mass is 361 g/mol. The molecule has 1 aliphatic rings. The van der Waals surface area contributed by atoms with Gasteiger partial charge in [-0.2, -0.15) is 5.10 Å². The third-order valence-electron chi connectivity index (χ3n) is 4.94. The molecule has 0 amide bonds. The maximum atomic E-state index is 12.3. The van der Waals surface area contributed by atoms with E-state index in [1.807, 2.05) is 29.9 Å². The Kier molecular flexibility index (Phi) is 5.59. The lowest BCUT2D eigenvalue weighted by Crippen LogP contribution is -2.39. The van der Waals surface area contributed by atoms with Crippen LogP contribution in [-0.2, 0) is 10.0 Å². The van der Waals surface area contributed by atoms with Gasteiger partial charge in [0.15, 0.2) is 0 Å². The fraction of sp³-hybridized carbons (Fsp3) is 0.526. The van der Waals surface area contributed by atoms with Crippen molar-refractivity contribution in [2.24, 2.45) is 0 Å². The number of hydrogen-bond acceptors (Lipinski definition) is 3. The zero-order valence-corrected chi connectivity index (χ0v) is 15.9. The molecule has 1 aromatic heterocycles. The predicted octanol–water partition coefficient (Wildman–Crippen LogP) is 3.49. The van der Waals surface area contributed by atoms with Gasteiger partial charge in [-0.15, -0.1) is 0 Å². The Hall–Kier alpha value is -1.66. The molecule has 0 saturated carbocycles. The van der Waals surface area contributed by atoms with Crippen LogP contribution in [0.25, 0.3) is 5.69 Å². The fourth-order valence-electron chi connectivity index (χ4n) is 3.38. The van der Waals surface area contributed by atoms with E-state index in [-0.39, 0.29) is 5.75 Å². The van der Waals surface area contributed by atoms with E-state index in [4.69, 9.17) is 0 Å². The number of piperidine rings is 1. The topological polar surface area (TPSA) is 55.2 Å². The first kappa shape index (κ1) is 18.1. The summed E-state index contributed by atoms with van der Waals surface area (Å²) >= 11 is 0. The maximum Gasteiger partial charge on any atom is 0.214 e. The molecule has 2 heterocycles. The molecular weight excluding hydrogens is 334 g/mol. The smallest absolute Gasteiger partial charge is 0.214 e. The van der Waals surface area contributed by atoms with Crippen LogP contribution in [-0.4, -0.2) is 41.3 Å². The second kappa shape index (κ2) is 7.70. The Morgan fingerprint density at radius 3 is 2.68 bits per heavy atom. The van der Waals surface area contributed by atoms with Crippen molar-refractivity contribution in [3.05, 3.63) is 47.8 Å². The molecule has 0 aliphatic carbocycles. The van der Waals surface area contributed by atoms with Crippen LogP contribution in [0.5, 0.6) is 0 Å². The maximum absolute atomic E-state index is 12.3. The van der Waals surface area contributed by atoms with Gasteiger partial charge in [-0.25, -0.2) is 17.4 Å². The molecule has 136 valence electrons. The number of sulfonamides is 1. The van der Waals surface area contributed by atoms with Crippen molar-refractivity contribution in [1.29, 1.82) is 0 Å². The molecule has 1 aliphatic heterocycles. The summed E-state index contributed by atoms with van der Waals surface area (Å²) in [5, 5.41) is 4.50. The first-order valence-electron chi connectivity index (χ1n) is 9.09. The summed E-state index contributed by atoms with van der Waals surface area (Å²) in [4.78, 5) is 0. The second-order valence-electron chi connectivity index (χ2n) is 6.90. The van der Waals surface area contributed by atoms with Crippen LogP contribution in [0.2, 0.25) is 0 Å². The fourth-order valence-corrected chi connectivity index (χ4v) is 5.06. The largest absolute Gasteiger partial charge is 0.241 e. The van der Waals surface area contributed by atoms with Crippen LogP contribution in [0.3, 0.4) is 0 Å². The molecular formula is C19H27N3O2S. The molecule has 0 N–H and O–H groups in total. The molecule has 5 nitrogen and oxygen atoms in total. The molecule has 0 bridgehead atoms. The Morgan fingerprint density at radius 2 is 2.00 bits per heavy atom. The van der Waals surface area contributed by atoms with Crippen molar-refractivity contribution in [3.8, 4) is 5.69 Å². The molecule has 1 aromatic carbocycles. The van der Waals surface area contributed by atoms with E-state index in [2.05, 4.69) is 30.4 Å². The highest BCUT2D eigenvalue weighted by Crippen LogP contribution is 2.29. The second-order valence-corrected chi connectivity index (χ2v) is 8.99. The van der Waals surface area contributed by atoms with E-state index in [9.17, 15) is 8.42 Å². The summed E-state index contributed by atoms with van der Waals surface area (Å²) in [5.41, 5.74) is 3.47. The minimum absolute atomic E-state index is 0.277. The molecule has 0 unspecified atom stereocenters. The van der Waals surface area contributed by atoms with E-state index < -0.39 is 10.0 Å². The van der Waals surface area contributed by atoms with Crippen molar-refractivity contribution >= 4 is 10.0 Å². The Balaban J connectivity index is 1.64. The van der Waals surface area contributed by atoms with Crippen LogP contribution in [0.1, 0.15) is 49.7 Å². The number of rotatable bonds is 6. The molecule has 2 aromatic rings. The number of aromatic nitrogens is 2. The van der Waals surface area contributed by atoms with Crippen LogP contribution >= 0.6 is 0 Å². The number of nitrogens with zero attached hydrogens (tertiary/aromatic N) is 3. The van der Waals surface area contributed by atoms with Gasteiger partial charge in [0.25, 0.3) is 0 Å². The van der Waals surface area contributed by atoms with Crippen LogP contribution in [0, 0.1) is 6.92 Å². The van der Waals surface area contributed by atoms with Gasteiger partial charge in [0.1, 0.15) is 0 Å². The zero-order valence-electron chi connectivity index (χ0n) is 15.1. The van der Waals surface area contributed by atoms with Gasteiger partial charge < -0.3 is 0 Å². The summed E-state index contributed by atoms with van der Waals surface area (Å²) in [6.45, 7) is 5.33. The van der Waals surface area contributed by atoms with Gasteiger partial charge in [-0.05, 0) is 55.4 Å². The summed E-state index contributed by atoms with van der Waals surface area (Å²) in [7, 11) is -3.08. The normalized spacial score (nSPS) is 17.0. The number of benzene rings is 1. The van der Waals surface area contributed by atoms with Crippen LogP contribution in [0.15, 0.2) is 36.7 Å². The number of unbranched alkanes of at least 4 members (excludes halogenated alkanes) is 1. The Morgan fingerprint density at radius 1 is 1.24 bits per heavy atom. The van der Waals surface area contributed by atoms with Crippen molar-refractivity contribution < 1.29 is 8.42 Å². The van der Waals surface area contributed by atoms with E-state index in [0.29, 0.717) is 19.0 Å². The molecule has 1 saturated heterocycles. The third-order valence-corrected chi connectivity index (χ3v) is 6.90. The standard InChI is InChI=1S/C19H27N3O2S/c1-3-4-12-25(23,24)21-10-8-17(9-11-21)18-14-20-22(15-18)19-7-5-6-16(2)13-19/h5-7,13-15,17H,3-4,8-12H2,1-2H3. The molecule has 0 radical (unpaired) electrons. The van der Waals surface area contributed by atoms with Gasteiger partial charge in [-0.1, -0.05) is 25.5 Å². The quantitative estimate of drug-likeness (QED) is 0.791. The van der Waals surface area contributed by atoms with Gasteiger partial charge >= 0.3 is 0 Å². The van der Waals surface area contributed by atoms with Gasteiger partial charge in [0, 0.05) is 19.3 Å².